The summed E-state index contributed by atoms with van der Waals surface area (Å²) in [5.41, 5.74) is 1.78. The van der Waals surface area contributed by atoms with E-state index in [0.29, 0.717) is 57.1 Å². The fourth-order valence-corrected chi connectivity index (χ4v) is 4.55. The average molecular weight is 444 g/mol. The molecule has 3 heterocycles. The van der Waals surface area contributed by atoms with Crippen molar-refractivity contribution >= 4 is 52.4 Å². The number of nitrogens with zero attached hydrogens (tertiary/aromatic N) is 5. The summed E-state index contributed by atoms with van der Waals surface area (Å²) < 4.78 is 29.4. The molecule has 0 bridgehead atoms. The predicted molar refractivity (Wildman–Crippen MR) is 113 cm³/mol. The molecule has 0 aliphatic carbocycles. The van der Waals surface area contributed by atoms with Crippen molar-refractivity contribution in [3.05, 3.63) is 58.4 Å². The second-order valence-electron chi connectivity index (χ2n) is 7.04. The van der Waals surface area contributed by atoms with Gasteiger partial charge in [-0.25, -0.2) is 13.8 Å². The molecule has 150 valence electrons. The van der Waals surface area contributed by atoms with Crippen molar-refractivity contribution in [2.45, 2.75) is 13.1 Å². The molecule has 11 heteroatoms. The fourth-order valence-electron chi connectivity index (χ4n) is 3.47. The largest absolute Gasteiger partial charge is 0.329 e. The minimum atomic E-state index is -0.936. The highest BCUT2D eigenvalue weighted by molar-refractivity contribution is 7.21. The Morgan fingerprint density at radius 1 is 1.13 bits per heavy atom. The number of carbonyl (C=O) groups excluding carboxylic acids is 1. The lowest BCUT2D eigenvalue weighted by Crippen LogP contribution is -2.38. The average Bonchev–Trinajstić information content (AvgIpc) is 3.33. The van der Waals surface area contributed by atoms with Gasteiger partial charge in [0.2, 0.25) is 0 Å². The number of carbonyl (C=O) groups is 1. The van der Waals surface area contributed by atoms with Gasteiger partial charge in [-0.15, -0.1) is 21.5 Å². The first-order valence-electron chi connectivity index (χ1n) is 9.14. The number of thiazole rings is 1. The molecule has 0 spiro atoms. The molecule has 0 saturated heterocycles. The third-order valence-corrected chi connectivity index (χ3v) is 6.51. The van der Waals surface area contributed by atoms with Crippen LogP contribution >= 0.6 is 22.9 Å². The molecule has 5 rings (SSSR count). The molecule has 1 amide bonds. The van der Waals surface area contributed by atoms with Gasteiger partial charge < -0.3 is 9.47 Å². The Morgan fingerprint density at radius 2 is 1.93 bits per heavy atom. The van der Waals surface area contributed by atoms with Crippen LogP contribution in [0, 0.1) is 11.6 Å². The van der Waals surface area contributed by atoms with Gasteiger partial charge in [0.15, 0.2) is 28.3 Å². The Morgan fingerprint density at radius 3 is 2.73 bits per heavy atom. The first-order chi connectivity index (χ1) is 14.4. The molecule has 4 aromatic rings. The number of halogens is 3. The SMILES string of the molecule is Bc1cc(C(=O)N2CCn3c(nnc3-c3nc4cc(F)c(F)cc4s3)C2)ccc1Cl. The number of benzene rings is 2. The third kappa shape index (κ3) is 3.16. The van der Waals surface area contributed by atoms with Gasteiger partial charge in [0.1, 0.15) is 7.85 Å². The topological polar surface area (TPSA) is 63.9 Å². The van der Waals surface area contributed by atoms with Crippen molar-refractivity contribution in [1.82, 2.24) is 24.6 Å². The molecule has 0 N–H and O–H groups in total. The predicted octanol–water partition coefficient (Wildman–Crippen LogP) is 2.40. The molecule has 2 aromatic heterocycles. The Bertz CT molecular complexity index is 1280. The van der Waals surface area contributed by atoms with Crippen LogP contribution in [0.2, 0.25) is 5.02 Å². The maximum absolute atomic E-state index is 13.5. The van der Waals surface area contributed by atoms with Crippen LogP contribution in [0.1, 0.15) is 16.2 Å². The summed E-state index contributed by atoms with van der Waals surface area (Å²) in [5, 5.41) is 9.58. The van der Waals surface area contributed by atoms with E-state index in [1.807, 2.05) is 12.4 Å². The van der Waals surface area contributed by atoms with Gasteiger partial charge in [0, 0.05) is 29.7 Å². The van der Waals surface area contributed by atoms with Gasteiger partial charge in [0.05, 0.1) is 16.8 Å². The quantitative estimate of drug-likeness (QED) is 0.446. The standard InChI is InChI=1S/C19H13BClF2N5OS/c20-10-5-9(1-2-11(10)21)19(29)27-3-4-28-16(8-27)25-26-17(28)18-24-14-6-12(22)13(23)7-15(14)30-18/h1-2,5-7H,3-4,8,20H2. The fraction of sp³-hybridized carbons (Fsp3) is 0.158. The molecular formula is C19H13BClF2N5OS. The maximum atomic E-state index is 13.5. The number of fused-ring (bicyclic) bond motifs is 2. The summed E-state index contributed by atoms with van der Waals surface area (Å²) in [6.45, 7) is 1.28. The van der Waals surface area contributed by atoms with Crippen LogP contribution in [-0.2, 0) is 13.1 Å². The molecule has 6 nitrogen and oxygen atoms in total. The van der Waals surface area contributed by atoms with E-state index in [-0.39, 0.29) is 5.91 Å². The van der Waals surface area contributed by atoms with E-state index in [1.54, 1.807) is 23.1 Å². The van der Waals surface area contributed by atoms with E-state index < -0.39 is 11.6 Å². The molecule has 0 saturated carbocycles. The molecule has 0 atom stereocenters. The van der Waals surface area contributed by atoms with Crippen LogP contribution in [0.25, 0.3) is 21.0 Å². The van der Waals surface area contributed by atoms with E-state index in [2.05, 4.69) is 15.2 Å². The van der Waals surface area contributed by atoms with Crippen LogP contribution in [0.15, 0.2) is 30.3 Å². The van der Waals surface area contributed by atoms with Crippen molar-refractivity contribution in [2.24, 2.45) is 0 Å². The van der Waals surface area contributed by atoms with Crippen LogP contribution in [0.4, 0.5) is 8.78 Å². The monoisotopic (exact) mass is 443 g/mol. The van der Waals surface area contributed by atoms with Crippen LogP contribution in [-0.4, -0.2) is 44.9 Å². The van der Waals surface area contributed by atoms with Crippen molar-refractivity contribution in [2.75, 3.05) is 6.54 Å². The maximum Gasteiger partial charge on any atom is 0.254 e. The number of aromatic nitrogens is 4. The first-order valence-corrected chi connectivity index (χ1v) is 10.3. The highest BCUT2D eigenvalue weighted by atomic mass is 35.5. The summed E-state index contributed by atoms with van der Waals surface area (Å²) >= 11 is 7.28. The highest BCUT2D eigenvalue weighted by Crippen LogP contribution is 2.31. The lowest BCUT2D eigenvalue weighted by Gasteiger charge is -2.28. The van der Waals surface area contributed by atoms with E-state index in [9.17, 15) is 13.6 Å². The minimum absolute atomic E-state index is 0.100. The van der Waals surface area contributed by atoms with Gasteiger partial charge in [-0.1, -0.05) is 23.1 Å². The van der Waals surface area contributed by atoms with E-state index in [1.165, 1.54) is 11.3 Å². The molecule has 0 unspecified atom stereocenters. The summed E-state index contributed by atoms with van der Waals surface area (Å²) in [6.07, 6.45) is 0. The zero-order valence-corrected chi connectivity index (χ0v) is 17.3. The highest BCUT2D eigenvalue weighted by Gasteiger charge is 2.27. The van der Waals surface area contributed by atoms with Crippen molar-refractivity contribution in [3.63, 3.8) is 0 Å². The molecule has 1 aliphatic rings. The lowest BCUT2D eigenvalue weighted by atomic mass is 9.94. The summed E-state index contributed by atoms with van der Waals surface area (Å²) in [5.74, 6) is -0.786. The van der Waals surface area contributed by atoms with E-state index in [4.69, 9.17) is 11.6 Å². The number of hydrogen-bond acceptors (Lipinski definition) is 5. The van der Waals surface area contributed by atoms with Crippen molar-refractivity contribution in [3.8, 4) is 10.8 Å². The number of rotatable bonds is 2. The van der Waals surface area contributed by atoms with Crippen molar-refractivity contribution < 1.29 is 13.6 Å². The second kappa shape index (κ2) is 7.14. The molecule has 0 radical (unpaired) electrons. The Balaban J connectivity index is 1.43. The van der Waals surface area contributed by atoms with Gasteiger partial charge in [-0.05, 0) is 18.2 Å². The van der Waals surface area contributed by atoms with Gasteiger partial charge in [-0.2, -0.15) is 0 Å². The lowest BCUT2D eigenvalue weighted by molar-refractivity contribution is 0.0708. The Hall–Kier alpha value is -2.85. The minimum Gasteiger partial charge on any atom is -0.329 e. The smallest absolute Gasteiger partial charge is 0.254 e. The summed E-state index contributed by atoms with van der Waals surface area (Å²) in [6, 6.07) is 7.41. The molecule has 30 heavy (non-hydrogen) atoms. The summed E-state index contributed by atoms with van der Waals surface area (Å²) in [4.78, 5) is 19.0. The molecule has 0 fully saturated rings. The van der Waals surface area contributed by atoms with Crippen LogP contribution in [0.5, 0.6) is 0 Å². The van der Waals surface area contributed by atoms with Crippen LogP contribution in [0.3, 0.4) is 0 Å². The van der Waals surface area contributed by atoms with Crippen molar-refractivity contribution in [1.29, 1.82) is 0 Å². The van der Waals surface area contributed by atoms with Gasteiger partial charge in [-0.3, -0.25) is 4.79 Å². The second-order valence-corrected chi connectivity index (χ2v) is 8.47. The molecular weight excluding hydrogens is 431 g/mol. The normalized spacial score (nSPS) is 13.6. The van der Waals surface area contributed by atoms with E-state index >= 15 is 0 Å². The molecule has 2 aromatic carbocycles. The molecule has 1 aliphatic heterocycles. The third-order valence-electron chi connectivity index (χ3n) is 5.07. The van der Waals surface area contributed by atoms with Gasteiger partial charge >= 0.3 is 0 Å². The zero-order chi connectivity index (χ0) is 21.0. The summed E-state index contributed by atoms with van der Waals surface area (Å²) in [7, 11) is 1.86. The van der Waals surface area contributed by atoms with Gasteiger partial charge in [0.25, 0.3) is 5.91 Å². The van der Waals surface area contributed by atoms with E-state index in [0.717, 1.165) is 17.6 Å². The Kier molecular flexibility index (Phi) is 4.55. The Labute approximate surface area is 179 Å². The first kappa shape index (κ1) is 19.1. The number of hydrogen-bond donors (Lipinski definition) is 0. The van der Waals surface area contributed by atoms with Crippen LogP contribution < -0.4 is 5.46 Å². The zero-order valence-electron chi connectivity index (χ0n) is 15.7. The number of amides is 1.